The van der Waals surface area contributed by atoms with E-state index in [4.69, 9.17) is 0 Å². The second-order valence-corrected chi connectivity index (χ2v) is 10.7. The number of amides is 1. The van der Waals surface area contributed by atoms with E-state index in [9.17, 15) is 18.0 Å². The van der Waals surface area contributed by atoms with Gasteiger partial charge in [0, 0.05) is 25.7 Å². The Morgan fingerprint density at radius 1 is 1.32 bits per heavy atom. The second kappa shape index (κ2) is 5.65. The predicted octanol–water partition coefficient (Wildman–Crippen LogP) is 1.37. The summed E-state index contributed by atoms with van der Waals surface area (Å²) in [6.45, 7) is 6.04. The minimum absolute atomic E-state index is 0.221. The summed E-state index contributed by atoms with van der Waals surface area (Å²) in [6.07, 6.45) is 2.93. The van der Waals surface area contributed by atoms with Crippen molar-refractivity contribution in [3.8, 4) is 0 Å². The summed E-state index contributed by atoms with van der Waals surface area (Å²) in [4.78, 5) is 25.6. The number of aromatic nitrogens is 2. The number of sulfone groups is 1. The van der Waals surface area contributed by atoms with Crippen molar-refractivity contribution in [2.75, 3.05) is 13.1 Å². The van der Waals surface area contributed by atoms with E-state index in [1.54, 1.807) is 25.8 Å². The molecule has 25 heavy (non-hydrogen) atoms. The minimum atomic E-state index is -3.36. The van der Waals surface area contributed by atoms with E-state index in [1.165, 1.54) is 4.68 Å². The number of rotatable bonds is 6. The first-order chi connectivity index (χ1) is 11.6. The van der Waals surface area contributed by atoms with Crippen LogP contribution in [0.25, 0.3) is 0 Å². The molecule has 0 atom stereocenters. The molecule has 0 saturated heterocycles. The Balaban J connectivity index is 1.89. The van der Waals surface area contributed by atoms with Crippen LogP contribution in [0.2, 0.25) is 0 Å². The number of hydrogen-bond acceptors (Lipinski definition) is 5. The zero-order valence-electron chi connectivity index (χ0n) is 15.2. The van der Waals surface area contributed by atoms with Crippen LogP contribution in [0.4, 0.5) is 0 Å². The first-order valence-corrected chi connectivity index (χ1v) is 10.1. The molecule has 0 unspecified atom stereocenters. The Morgan fingerprint density at radius 3 is 2.48 bits per heavy atom. The van der Waals surface area contributed by atoms with Gasteiger partial charge in [0.2, 0.25) is 0 Å². The molecule has 1 aromatic rings. The molecule has 0 spiro atoms. The SMILES string of the molecule is CCC(C)(C)S(=O)(=O)C1(CN2CCc3c(C=O)nn(C)c3C2=O)CC1. The summed E-state index contributed by atoms with van der Waals surface area (Å²) in [5.41, 5.74) is 1.36. The van der Waals surface area contributed by atoms with E-state index in [0.29, 0.717) is 55.5 Å². The Kier molecular flexibility index (Phi) is 4.09. The molecule has 2 heterocycles. The normalized spacial score (nSPS) is 19.7. The topological polar surface area (TPSA) is 89.3 Å². The number of nitrogens with zero attached hydrogens (tertiary/aromatic N) is 3. The maximum absolute atomic E-state index is 13.1. The highest BCUT2D eigenvalue weighted by molar-refractivity contribution is 7.94. The molecule has 1 aliphatic carbocycles. The van der Waals surface area contributed by atoms with Gasteiger partial charge >= 0.3 is 0 Å². The van der Waals surface area contributed by atoms with Crippen molar-refractivity contribution in [3.05, 3.63) is 17.0 Å². The van der Waals surface area contributed by atoms with Crippen LogP contribution in [0.15, 0.2) is 0 Å². The lowest BCUT2D eigenvalue weighted by Crippen LogP contribution is -2.50. The van der Waals surface area contributed by atoms with Crippen molar-refractivity contribution in [2.24, 2.45) is 7.05 Å². The van der Waals surface area contributed by atoms with Gasteiger partial charge in [0.1, 0.15) is 11.4 Å². The van der Waals surface area contributed by atoms with Crippen LogP contribution in [0.3, 0.4) is 0 Å². The number of carbonyl (C=O) groups excluding carboxylic acids is 2. The number of aldehydes is 1. The molecule has 1 fully saturated rings. The lowest BCUT2D eigenvalue weighted by Gasteiger charge is -2.34. The monoisotopic (exact) mass is 367 g/mol. The van der Waals surface area contributed by atoms with Crippen LogP contribution < -0.4 is 0 Å². The molecule has 1 aliphatic heterocycles. The molecule has 0 N–H and O–H groups in total. The molecule has 0 aromatic carbocycles. The predicted molar refractivity (Wildman–Crippen MR) is 93.5 cm³/mol. The van der Waals surface area contributed by atoms with Gasteiger partial charge < -0.3 is 4.90 Å². The van der Waals surface area contributed by atoms with Gasteiger partial charge in [-0.3, -0.25) is 14.3 Å². The highest BCUT2D eigenvalue weighted by atomic mass is 32.2. The molecule has 3 rings (SSSR count). The van der Waals surface area contributed by atoms with Gasteiger partial charge in [-0.15, -0.1) is 0 Å². The average Bonchev–Trinajstić information content (AvgIpc) is 3.28. The second-order valence-electron chi connectivity index (χ2n) is 7.73. The Labute approximate surface area is 148 Å². The van der Waals surface area contributed by atoms with E-state index in [2.05, 4.69) is 5.10 Å². The highest BCUT2D eigenvalue weighted by Gasteiger charge is 2.60. The van der Waals surface area contributed by atoms with Crippen molar-refractivity contribution < 1.29 is 18.0 Å². The number of hydrogen-bond donors (Lipinski definition) is 0. The average molecular weight is 367 g/mol. The first-order valence-electron chi connectivity index (χ1n) is 8.65. The quantitative estimate of drug-likeness (QED) is 0.709. The molecule has 7 nitrogen and oxygen atoms in total. The van der Waals surface area contributed by atoms with Crippen molar-refractivity contribution in [2.45, 2.75) is 55.9 Å². The molecule has 0 bridgehead atoms. The third kappa shape index (κ3) is 2.53. The van der Waals surface area contributed by atoms with Crippen molar-refractivity contribution in [3.63, 3.8) is 0 Å². The lowest BCUT2D eigenvalue weighted by atomic mass is 10.0. The summed E-state index contributed by atoms with van der Waals surface area (Å²) in [7, 11) is -1.72. The highest BCUT2D eigenvalue weighted by Crippen LogP contribution is 2.49. The fraction of sp³-hybridized carbons (Fsp3) is 0.706. The number of fused-ring (bicyclic) bond motifs is 1. The number of carbonyl (C=O) groups is 2. The minimum Gasteiger partial charge on any atom is -0.335 e. The van der Waals surface area contributed by atoms with E-state index < -0.39 is 19.3 Å². The molecule has 1 saturated carbocycles. The third-order valence-corrected chi connectivity index (χ3v) is 9.27. The molecular formula is C17H25N3O4S. The summed E-state index contributed by atoms with van der Waals surface area (Å²) >= 11 is 0. The summed E-state index contributed by atoms with van der Waals surface area (Å²) in [5.74, 6) is -0.236. The van der Waals surface area contributed by atoms with Gasteiger partial charge in [-0.1, -0.05) is 6.92 Å². The summed E-state index contributed by atoms with van der Waals surface area (Å²) in [5, 5.41) is 4.09. The molecule has 2 aliphatic rings. The van der Waals surface area contributed by atoms with Gasteiger partial charge in [-0.2, -0.15) is 5.10 Å². The Morgan fingerprint density at radius 2 is 1.96 bits per heavy atom. The third-order valence-electron chi connectivity index (χ3n) is 5.85. The lowest BCUT2D eigenvalue weighted by molar-refractivity contribution is 0.0724. The Bertz CT molecular complexity index is 834. The smallest absolute Gasteiger partial charge is 0.272 e. The van der Waals surface area contributed by atoms with Crippen molar-refractivity contribution in [1.29, 1.82) is 0 Å². The van der Waals surface area contributed by atoms with Gasteiger partial charge in [0.25, 0.3) is 5.91 Å². The van der Waals surface area contributed by atoms with E-state index in [1.807, 2.05) is 6.92 Å². The van der Waals surface area contributed by atoms with Crippen LogP contribution in [-0.2, 0) is 23.3 Å². The van der Waals surface area contributed by atoms with E-state index >= 15 is 0 Å². The maximum atomic E-state index is 13.1. The van der Waals surface area contributed by atoms with Gasteiger partial charge in [-0.05, 0) is 39.5 Å². The van der Waals surface area contributed by atoms with Crippen LogP contribution in [0.5, 0.6) is 0 Å². The first kappa shape index (κ1) is 18.1. The zero-order chi connectivity index (χ0) is 18.6. The largest absolute Gasteiger partial charge is 0.335 e. The van der Waals surface area contributed by atoms with Crippen LogP contribution >= 0.6 is 0 Å². The van der Waals surface area contributed by atoms with Gasteiger partial charge in [0.15, 0.2) is 16.1 Å². The molecule has 0 radical (unpaired) electrons. The van der Waals surface area contributed by atoms with Crippen molar-refractivity contribution in [1.82, 2.24) is 14.7 Å². The van der Waals surface area contributed by atoms with Crippen LogP contribution in [0.1, 0.15) is 66.6 Å². The summed E-state index contributed by atoms with van der Waals surface area (Å²) in [6, 6.07) is 0. The van der Waals surface area contributed by atoms with Crippen molar-refractivity contribution >= 4 is 22.0 Å². The molecular weight excluding hydrogens is 342 g/mol. The van der Waals surface area contributed by atoms with Gasteiger partial charge in [-0.25, -0.2) is 8.42 Å². The molecule has 8 heteroatoms. The van der Waals surface area contributed by atoms with Crippen LogP contribution in [0, 0.1) is 0 Å². The maximum Gasteiger partial charge on any atom is 0.272 e. The van der Waals surface area contributed by atoms with E-state index in [-0.39, 0.29) is 12.5 Å². The fourth-order valence-corrected chi connectivity index (χ4v) is 6.14. The standard InChI is InChI=1S/C17H25N3O4S/c1-5-16(2,3)25(23,24)17(7-8-17)11-20-9-6-12-13(10-21)18-19(4)14(12)15(20)22/h10H,5-9,11H2,1-4H3. The Hall–Kier alpha value is -1.70. The van der Waals surface area contributed by atoms with Crippen LogP contribution in [-0.4, -0.2) is 57.9 Å². The fourth-order valence-electron chi connectivity index (χ4n) is 3.62. The molecule has 1 aromatic heterocycles. The summed E-state index contributed by atoms with van der Waals surface area (Å²) < 4.78 is 26.0. The molecule has 1 amide bonds. The van der Waals surface area contributed by atoms with Gasteiger partial charge in [0.05, 0.1) is 9.49 Å². The number of aryl methyl sites for hydroxylation is 1. The van der Waals surface area contributed by atoms with E-state index in [0.717, 1.165) is 0 Å². The zero-order valence-corrected chi connectivity index (χ0v) is 16.0. The molecule has 138 valence electrons.